The van der Waals surface area contributed by atoms with Crippen molar-refractivity contribution in [2.75, 3.05) is 31.0 Å². The average molecular weight is 293 g/mol. The highest BCUT2D eigenvalue weighted by Gasteiger charge is 2.09. The van der Waals surface area contributed by atoms with E-state index in [1.54, 1.807) is 12.1 Å². The minimum Gasteiger partial charge on any atom is -0.308 e. The number of nitrogens with one attached hydrogen (secondary N) is 1. The number of hydrogen-bond acceptors (Lipinski definition) is 6. The van der Waals surface area contributed by atoms with Crippen LogP contribution in [-0.2, 0) is 16.4 Å². The van der Waals surface area contributed by atoms with Crippen LogP contribution in [0.5, 0.6) is 0 Å². The van der Waals surface area contributed by atoms with Crippen molar-refractivity contribution in [1.29, 1.82) is 0 Å². The second-order valence-electron chi connectivity index (χ2n) is 4.14. The van der Waals surface area contributed by atoms with Gasteiger partial charge in [0.05, 0.1) is 16.5 Å². The summed E-state index contributed by atoms with van der Waals surface area (Å²) in [4.78, 5) is 6.06. The molecule has 1 aromatic rings. The third-order valence-electron chi connectivity index (χ3n) is 2.33. The molecule has 0 bridgehead atoms. The molecule has 0 atom stereocenters. The maximum Gasteiger partial charge on any atom is 0.148 e. The lowest BCUT2D eigenvalue weighted by molar-refractivity contribution is 0.342. The molecule has 0 aromatic carbocycles. The van der Waals surface area contributed by atoms with Crippen LogP contribution in [0.25, 0.3) is 0 Å². The third-order valence-corrected chi connectivity index (χ3v) is 3.60. The molecule has 1 rings (SSSR count). The van der Waals surface area contributed by atoms with Gasteiger partial charge in [-0.3, -0.25) is 4.90 Å². The first kappa shape index (κ1) is 15.2. The largest absolute Gasteiger partial charge is 0.308 e. The molecule has 0 unspecified atom stereocenters. The molecule has 18 heavy (non-hydrogen) atoms. The Bertz CT molecular complexity index is 507. The number of hydrogen-bond donors (Lipinski definition) is 2. The zero-order valence-electron chi connectivity index (χ0n) is 10.4. The van der Waals surface area contributed by atoms with Gasteiger partial charge in [0.1, 0.15) is 15.7 Å². The fourth-order valence-electron chi connectivity index (χ4n) is 1.33. The topological polar surface area (TPSA) is 88.3 Å². The Kier molecular flexibility index (Phi) is 5.33. The van der Waals surface area contributed by atoms with E-state index < -0.39 is 9.84 Å². The van der Waals surface area contributed by atoms with Gasteiger partial charge in [-0.25, -0.2) is 19.2 Å². The Labute approximate surface area is 112 Å². The molecule has 3 N–H and O–H groups in total. The Morgan fingerprint density at radius 2 is 2.17 bits per heavy atom. The second kappa shape index (κ2) is 6.33. The van der Waals surface area contributed by atoms with Crippen LogP contribution in [0.4, 0.5) is 5.82 Å². The fourth-order valence-corrected chi connectivity index (χ4v) is 2.14. The van der Waals surface area contributed by atoms with Crippen LogP contribution in [0.1, 0.15) is 5.69 Å². The molecule has 0 aliphatic rings. The molecule has 6 nitrogen and oxygen atoms in total. The number of nitrogens with zero attached hydrogens (tertiary/aromatic N) is 2. The van der Waals surface area contributed by atoms with Crippen LogP contribution in [0.2, 0.25) is 5.02 Å². The lowest BCUT2D eigenvalue weighted by Crippen LogP contribution is -2.25. The molecule has 102 valence electrons. The average Bonchev–Trinajstić information content (AvgIpc) is 2.28. The standard InChI is InChI=1S/C10H17ClN4O2S/c1-15(5-6-18(2,16)17)7-9-8(11)3-4-10(13-9)14-12/h3-4H,5-7,12H2,1-2H3,(H,13,14). The molecule has 8 heteroatoms. The zero-order chi connectivity index (χ0) is 13.8. The summed E-state index contributed by atoms with van der Waals surface area (Å²) in [6, 6.07) is 3.37. The van der Waals surface area contributed by atoms with Crippen LogP contribution in [-0.4, -0.2) is 43.9 Å². The highest BCUT2D eigenvalue weighted by atomic mass is 35.5. The first-order valence-corrected chi connectivity index (χ1v) is 7.74. The number of aromatic nitrogens is 1. The summed E-state index contributed by atoms with van der Waals surface area (Å²) in [5.74, 6) is 5.89. The summed E-state index contributed by atoms with van der Waals surface area (Å²) in [5.41, 5.74) is 3.10. The minimum atomic E-state index is -2.96. The summed E-state index contributed by atoms with van der Waals surface area (Å²) < 4.78 is 22.1. The molecule has 0 radical (unpaired) electrons. The first-order chi connectivity index (χ1) is 8.31. The molecular formula is C10H17ClN4O2S. The van der Waals surface area contributed by atoms with Crippen molar-refractivity contribution >= 4 is 27.3 Å². The number of nitrogen functional groups attached to an aromatic ring is 1. The van der Waals surface area contributed by atoms with E-state index in [4.69, 9.17) is 17.4 Å². The molecule has 0 fully saturated rings. The van der Waals surface area contributed by atoms with Gasteiger partial charge in [0, 0.05) is 19.3 Å². The van der Waals surface area contributed by atoms with Crippen molar-refractivity contribution in [1.82, 2.24) is 9.88 Å². The van der Waals surface area contributed by atoms with Gasteiger partial charge in [-0.1, -0.05) is 11.6 Å². The van der Waals surface area contributed by atoms with Crippen LogP contribution >= 0.6 is 11.6 Å². The van der Waals surface area contributed by atoms with Crippen LogP contribution in [0.15, 0.2) is 12.1 Å². The van der Waals surface area contributed by atoms with Crippen molar-refractivity contribution in [2.45, 2.75) is 6.54 Å². The highest BCUT2D eigenvalue weighted by molar-refractivity contribution is 7.90. The molecule has 0 saturated carbocycles. The maximum atomic E-state index is 11.1. The summed E-state index contributed by atoms with van der Waals surface area (Å²) >= 11 is 6.01. The molecule has 0 saturated heterocycles. The molecule has 1 heterocycles. The molecule has 0 spiro atoms. The van der Waals surface area contributed by atoms with Crippen LogP contribution < -0.4 is 11.3 Å². The monoisotopic (exact) mass is 292 g/mol. The Morgan fingerprint density at radius 3 is 2.72 bits per heavy atom. The van der Waals surface area contributed by atoms with E-state index >= 15 is 0 Å². The Balaban J connectivity index is 2.66. The molecule has 0 amide bonds. The number of hydrazine groups is 1. The van der Waals surface area contributed by atoms with Crippen molar-refractivity contribution in [2.24, 2.45) is 5.84 Å². The predicted molar refractivity (Wildman–Crippen MR) is 73.1 cm³/mol. The Hall–Kier alpha value is -0.890. The van der Waals surface area contributed by atoms with Gasteiger partial charge in [-0.05, 0) is 19.2 Å². The van der Waals surface area contributed by atoms with Crippen molar-refractivity contribution in [3.63, 3.8) is 0 Å². The highest BCUT2D eigenvalue weighted by Crippen LogP contribution is 2.17. The van der Waals surface area contributed by atoms with Gasteiger partial charge in [0.15, 0.2) is 0 Å². The van der Waals surface area contributed by atoms with Crippen LogP contribution in [0.3, 0.4) is 0 Å². The summed E-state index contributed by atoms with van der Waals surface area (Å²) in [6.45, 7) is 0.890. The number of pyridine rings is 1. The van der Waals surface area contributed by atoms with Gasteiger partial charge in [-0.15, -0.1) is 0 Å². The van der Waals surface area contributed by atoms with Gasteiger partial charge in [0.25, 0.3) is 0 Å². The van der Waals surface area contributed by atoms with Crippen molar-refractivity contribution in [3.8, 4) is 0 Å². The summed E-state index contributed by atoms with van der Waals surface area (Å²) in [5, 5.41) is 0.528. The summed E-state index contributed by atoms with van der Waals surface area (Å²) in [7, 11) is -1.15. The minimum absolute atomic E-state index is 0.107. The number of rotatable bonds is 6. The lowest BCUT2D eigenvalue weighted by Gasteiger charge is -2.16. The van der Waals surface area contributed by atoms with E-state index in [-0.39, 0.29) is 5.75 Å². The van der Waals surface area contributed by atoms with Gasteiger partial charge >= 0.3 is 0 Å². The molecule has 0 aliphatic heterocycles. The third kappa shape index (κ3) is 5.18. The lowest BCUT2D eigenvalue weighted by atomic mass is 10.3. The summed E-state index contributed by atoms with van der Waals surface area (Å²) in [6.07, 6.45) is 1.21. The second-order valence-corrected chi connectivity index (χ2v) is 6.80. The number of halogens is 1. The first-order valence-electron chi connectivity index (χ1n) is 5.30. The van der Waals surface area contributed by atoms with Crippen molar-refractivity contribution in [3.05, 3.63) is 22.8 Å². The predicted octanol–water partition coefficient (Wildman–Crippen LogP) is 0.497. The van der Waals surface area contributed by atoms with E-state index in [1.165, 1.54) is 6.26 Å². The fraction of sp³-hybridized carbons (Fsp3) is 0.500. The molecular weight excluding hydrogens is 276 g/mol. The number of anilines is 1. The van der Waals surface area contributed by atoms with E-state index in [2.05, 4.69) is 10.4 Å². The smallest absolute Gasteiger partial charge is 0.148 e. The molecule has 0 aliphatic carbocycles. The SMILES string of the molecule is CN(CCS(C)(=O)=O)Cc1nc(NN)ccc1Cl. The quantitative estimate of drug-likeness (QED) is 0.586. The number of nitrogens with two attached hydrogens (primary N) is 1. The number of sulfone groups is 1. The van der Waals surface area contributed by atoms with Crippen LogP contribution in [0, 0.1) is 0 Å². The van der Waals surface area contributed by atoms with Crippen molar-refractivity contribution < 1.29 is 8.42 Å². The normalized spacial score (nSPS) is 11.8. The zero-order valence-corrected chi connectivity index (χ0v) is 11.9. The van der Waals surface area contributed by atoms with Gasteiger partial charge < -0.3 is 5.43 Å². The Morgan fingerprint density at radius 1 is 1.50 bits per heavy atom. The van der Waals surface area contributed by atoms with E-state index in [1.807, 2.05) is 11.9 Å². The van der Waals surface area contributed by atoms with E-state index in [9.17, 15) is 8.42 Å². The van der Waals surface area contributed by atoms with E-state index in [0.717, 1.165) is 0 Å². The maximum absolute atomic E-state index is 11.1. The van der Waals surface area contributed by atoms with E-state index in [0.29, 0.717) is 29.6 Å². The van der Waals surface area contributed by atoms with Gasteiger partial charge in [-0.2, -0.15) is 0 Å². The van der Waals surface area contributed by atoms with Gasteiger partial charge in [0.2, 0.25) is 0 Å². The molecule has 1 aromatic heterocycles.